The van der Waals surface area contributed by atoms with Crippen molar-refractivity contribution in [2.75, 3.05) is 16.8 Å². The molecule has 3 nitrogen and oxygen atoms in total. The van der Waals surface area contributed by atoms with Crippen LogP contribution in [0.3, 0.4) is 0 Å². The fourth-order valence-electron chi connectivity index (χ4n) is 2.07. The van der Waals surface area contributed by atoms with Crippen LogP contribution < -0.4 is 11.1 Å². The number of nitrogens with two attached hydrogens (primary N) is 1. The van der Waals surface area contributed by atoms with Crippen LogP contribution in [-0.4, -0.2) is 11.7 Å². The van der Waals surface area contributed by atoms with Crippen LogP contribution in [0.5, 0.6) is 0 Å². The number of hydrogen-bond acceptors (Lipinski definition) is 4. The SMILES string of the molecule is Nc1cc(NC(=O)c2cc3c(s2)CCSC3)ccc1Cl. The van der Waals surface area contributed by atoms with Crippen LogP contribution in [0.15, 0.2) is 24.3 Å². The summed E-state index contributed by atoms with van der Waals surface area (Å²) >= 11 is 9.37. The number of nitrogens with one attached hydrogen (secondary N) is 1. The van der Waals surface area contributed by atoms with E-state index >= 15 is 0 Å². The maximum Gasteiger partial charge on any atom is 0.265 e. The Bertz CT molecular complexity index is 646. The molecule has 1 aromatic carbocycles. The van der Waals surface area contributed by atoms with E-state index in [0.29, 0.717) is 16.4 Å². The lowest BCUT2D eigenvalue weighted by atomic mass is 10.2. The zero-order chi connectivity index (χ0) is 14.1. The molecule has 0 fully saturated rings. The summed E-state index contributed by atoms with van der Waals surface area (Å²) in [4.78, 5) is 14.3. The van der Waals surface area contributed by atoms with Gasteiger partial charge in [-0.15, -0.1) is 11.3 Å². The van der Waals surface area contributed by atoms with Gasteiger partial charge in [0.15, 0.2) is 0 Å². The molecule has 104 valence electrons. The second-order valence-electron chi connectivity index (χ2n) is 4.55. The highest BCUT2D eigenvalue weighted by Crippen LogP contribution is 2.32. The lowest BCUT2D eigenvalue weighted by Crippen LogP contribution is -2.10. The molecule has 0 saturated heterocycles. The number of carbonyl (C=O) groups excluding carboxylic acids is 1. The van der Waals surface area contributed by atoms with Crippen LogP contribution in [-0.2, 0) is 12.2 Å². The van der Waals surface area contributed by atoms with Crippen LogP contribution in [0, 0.1) is 0 Å². The van der Waals surface area contributed by atoms with Gasteiger partial charge < -0.3 is 11.1 Å². The maximum absolute atomic E-state index is 12.2. The summed E-state index contributed by atoms with van der Waals surface area (Å²) in [5.41, 5.74) is 8.16. The molecular formula is C14H13ClN2OS2. The smallest absolute Gasteiger partial charge is 0.265 e. The standard InChI is InChI=1S/C14H13ClN2OS2/c15-10-2-1-9(6-11(10)16)17-14(18)13-5-8-7-19-4-3-12(8)20-13/h1-2,5-6H,3-4,7,16H2,(H,17,18). The summed E-state index contributed by atoms with van der Waals surface area (Å²) in [6.45, 7) is 0. The van der Waals surface area contributed by atoms with E-state index in [4.69, 9.17) is 17.3 Å². The molecule has 2 heterocycles. The molecule has 0 atom stereocenters. The molecule has 0 radical (unpaired) electrons. The Hall–Kier alpha value is -1.17. The van der Waals surface area contributed by atoms with Crippen molar-refractivity contribution >= 4 is 52.0 Å². The zero-order valence-corrected chi connectivity index (χ0v) is 13.0. The third-order valence-corrected chi connectivity index (χ3v) is 5.69. The molecule has 3 N–H and O–H groups in total. The first-order valence-electron chi connectivity index (χ1n) is 6.19. The fraction of sp³-hybridized carbons (Fsp3) is 0.214. The third kappa shape index (κ3) is 2.80. The van der Waals surface area contributed by atoms with Gasteiger partial charge in [0.25, 0.3) is 5.91 Å². The second kappa shape index (κ2) is 5.68. The molecule has 0 bridgehead atoms. The molecule has 0 unspecified atom stereocenters. The Morgan fingerprint density at radius 1 is 1.35 bits per heavy atom. The molecule has 1 aromatic heterocycles. The van der Waals surface area contributed by atoms with Gasteiger partial charge in [0.05, 0.1) is 15.6 Å². The number of thioether (sulfide) groups is 1. The van der Waals surface area contributed by atoms with Gasteiger partial charge in [0, 0.05) is 16.3 Å². The van der Waals surface area contributed by atoms with Gasteiger partial charge in [-0.3, -0.25) is 4.79 Å². The Balaban J connectivity index is 1.78. The number of aryl methyl sites for hydroxylation is 1. The van der Waals surface area contributed by atoms with Crippen molar-refractivity contribution in [3.05, 3.63) is 44.6 Å². The van der Waals surface area contributed by atoms with Gasteiger partial charge in [-0.2, -0.15) is 11.8 Å². The topological polar surface area (TPSA) is 55.1 Å². The van der Waals surface area contributed by atoms with Crippen molar-refractivity contribution < 1.29 is 4.79 Å². The number of hydrogen-bond donors (Lipinski definition) is 2. The first-order chi connectivity index (χ1) is 9.63. The quantitative estimate of drug-likeness (QED) is 0.820. The first-order valence-corrected chi connectivity index (χ1v) is 8.54. The summed E-state index contributed by atoms with van der Waals surface area (Å²) in [6.07, 6.45) is 1.06. The monoisotopic (exact) mass is 324 g/mol. The van der Waals surface area contributed by atoms with E-state index in [9.17, 15) is 4.79 Å². The van der Waals surface area contributed by atoms with Gasteiger partial charge in [-0.05, 0) is 42.0 Å². The lowest BCUT2D eigenvalue weighted by molar-refractivity contribution is 0.103. The van der Waals surface area contributed by atoms with Crippen LogP contribution in [0.25, 0.3) is 0 Å². The highest BCUT2D eigenvalue weighted by molar-refractivity contribution is 7.98. The molecule has 0 saturated carbocycles. The number of thiophene rings is 1. The number of carbonyl (C=O) groups is 1. The van der Waals surface area contributed by atoms with E-state index in [1.807, 2.05) is 17.8 Å². The number of benzene rings is 1. The molecule has 0 aliphatic carbocycles. The average Bonchev–Trinajstić information content (AvgIpc) is 2.87. The van der Waals surface area contributed by atoms with Gasteiger partial charge in [-0.25, -0.2) is 0 Å². The normalized spacial score (nSPS) is 13.8. The minimum absolute atomic E-state index is 0.0869. The highest BCUT2D eigenvalue weighted by atomic mass is 35.5. The van der Waals surface area contributed by atoms with E-state index in [2.05, 4.69) is 5.32 Å². The Kier molecular flexibility index (Phi) is 3.92. The van der Waals surface area contributed by atoms with Crippen molar-refractivity contribution in [2.45, 2.75) is 12.2 Å². The zero-order valence-electron chi connectivity index (χ0n) is 10.6. The molecule has 6 heteroatoms. The second-order valence-corrected chi connectivity index (χ2v) is 7.20. The third-order valence-electron chi connectivity index (χ3n) is 3.11. The van der Waals surface area contributed by atoms with Crippen molar-refractivity contribution in [1.82, 2.24) is 0 Å². The van der Waals surface area contributed by atoms with E-state index in [0.717, 1.165) is 22.8 Å². The predicted molar refractivity (Wildman–Crippen MR) is 88.0 cm³/mol. The average molecular weight is 325 g/mol. The number of anilines is 2. The summed E-state index contributed by atoms with van der Waals surface area (Å²) < 4.78 is 0. The van der Waals surface area contributed by atoms with E-state index < -0.39 is 0 Å². The number of rotatable bonds is 2. The molecule has 1 aliphatic heterocycles. The predicted octanol–water partition coefficient (Wildman–Crippen LogP) is 4.03. The minimum atomic E-state index is -0.0869. The maximum atomic E-state index is 12.2. The van der Waals surface area contributed by atoms with Crippen molar-refractivity contribution in [3.8, 4) is 0 Å². The summed E-state index contributed by atoms with van der Waals surface area (Å²) in [5.74, 6) is 2.06. The molecule has 0 spiro atoms. The molecular weight excluding hydrogens is 312 g/mol. The molecule has 2 aromatic rings. The van der Waals surface area contributed by atoms with E-state index in [1.165, 1.54) is 10.4 Å². The van der Waals surface area contributed by atoms with Crippen LogP contribution in [0.1, 0.15) is 20.1 Å². The minimum Gasteiger partial charge on any atom is -0.397 e. The Morgan fingerprint density at radius 3 is 2.95 bits per heavy atom. The van der Waals surface area contributed by atoms with Gasteiger partial charge in [0.1, 0.15) is 0 Å². The lowest BCUT2D eigenvalue weighted by Gasteiger charge is -2.08. The summed E-state index contributed by atoms with van der Waals surface area (Å²) in [5, 5.41) is 3.35. The van der Waals surface area contributed by atoms with Crippen LogP contribution in [0.2, 0.25) is 5.02 Å². The first kappa shape index (κ1) is 13.8. The van der Waals surface area contributed by atoms with E-state index in [-0.39, 0.29) is 5.91 Å². The number of amides is 1. The molecule has 20 heavy (non-hydrogen) atoms. The van der Waals surface area contributed by atoms with Gasteiger partial charge in [-0.1, -0.05) is 11.6 Å². The fourth-order valence-corrected chi connectivity index (χ4v) is 4.46. The Morgan fingerprint density at radius 2 is 2.20 bits per heavy atom. The van der Waals surface area contributed by atoms with Crippen LogP contribution in [0.4, 0.5) is 11.4 Å². The molecule has 1 amide bonds. The highest BCUT2D eigenvalue weighted by Gasteiger charge is 2.17. The van der Waals surface area contributed by atoms with Crippen molar-refractivity contribution in [2.24, 2.45) is 0 Å². The summed E-state index contributed by atoms with van der Waals surface area (Å²) in [6, 6.07) is 7.10. The Labute approximate surface area is 130 Å². The van der Waals surface area contributed by atoms with Gasteiger partial charge in [0.2, 0.25) is 0 Å². The largest absolute Gasteiger partial charge is 0.397 e. The number of halogens is 1. The molecule has 1 aliphatic rings. The summed E-state index contributed by atoms with van der Waals surface area (Å²) in [7, 11) is 0. The van der Waals surface area contributed by atoms with Crippen molar-refractivity contribution in [3.63, 3.8) is 0 Å². The van der Waals surface area contributed by atoms with Crippen LogP contribution >= 0.6 is 34.7 Å². The van der Waals surface area contributed by atoms with E-state index in [1.54, 1.807) is 29.5 Å². The number of fused-ring (bicyclic) bond motifs is 1. The van der Waals surface area contributed by atoms with Crippen molar-refractivity contribution in [1.29, 1.82) is 0 Å². The molecule has 3 rings (SSSR count). The number of nitrogen functional groups attached to an aromatic ring is 1. The van der Waals surface area contributed by atoms with Gasteiger partial charge >= 0.3 is 0 Å².